The van der Waals surface area contributed by atoms with Crippen LogP contribution in [0, 0.1) is 0 Å². The van der Waals surface area contributed by atoms with Gasteiger partial charge in [0.25, 0.3) is 5.91 Å². The van der Waals surface area contributed by atoms with Gasteiger partial charge in [-0.05, 0) is 25.1 Å². The number of methoxy groups -OCH3 is 3. The highest BCUT2D eigenvalue weighted by Crippen LogP contribution is 2.28. The SMILES string of the molecule is COC(=O)CCN(CC(C)O)C(=O)c1ccc(OC)c(OC)c1. The fourth-order valence-electron chi connectivity index (χ4n) is 2.07. The molecule has 0 saturated heterocycles. The van der Waals surface area contributed by atoms with Gasteiger partial charge in [-0.2, -0.15) is 0 Å². The summed E-state index contributed by atoms with van der Waals surface area (Å²) >= 11 is 0. The standard InChI is InChI=1S/C16H23NO6/c1-11(18)10-17(8-7-15(19)23-4)16(20)12-5-6-13(21-2)14(9-12)22-3/h5-6,9,11,18H,7-8,10H2,1-4H3. The van der Waals surface area contributed by atoms with Crippen LogP contribution >= 0.6 is 0 Å². The number of benzene rings is 1. The van der Waals surface area contributed by atoms with Crippen LogP contribution in [0.15, 0.2) is 18.2 Å². The van der Waals surface area contributed by atoms with Crippen LogP contribution in [-0.4, -0.2) is 62.4 Å². The van der Waals surface area contributed by atoms with Crippen LogP contribution in [-0.2, 0) is 9.53 Å². The lowest BCUT2D eigenvalue weighted by Gasteiger charge is -2.24. The Morgan fingerprint density at radius 1 is 1.17 bits per heavy atom. The third-order valence-electron chi connectivity index (χ3n) is 3.22. The number of carbonyl (C=O) groups is 2. The Kier molecular flexibility index (Phi) is 7.34. The molecule has 0 radical (unpaired) electrons. The number of aliphatic hydroxyl groups excluding tert-OH is 1. The molecule has 0 heterocycles. The molecule has 128 valence electrons. The van der Waals surface area contributed by atoms with Gasteiger partial charge in [0.05, 0.1) is 33.9 Å². The molecule has 1 N–H and O–H groups in total. The van der Waals surface area contributed by atoms with E-state index in [9.17, 15) is 14.7 Å². The van der Waals surface area contributed by atoms with E-state index in [0.717, 1.165) is 0 Å². The molecule has 23 heavy (non-hydrogen) atoms. The number of esters is 1. The molecular weight excluding hydrogens is 302 g/mol. The molecule has 0 saturated carbocycles. The molecule has 1 atom stereocenters. The quantitative estimate of drug-likeness (QED) is 0.720. The average molecular weight is 325 g/mol. The summed E-state index contributed by atoms with van der Waals surface area (Å²) in [6, 6.07) is 4.80. The molecule has 0 bridgehead atoms. The maximum atomic E-state index is 12.6. The van der Waals surface area contributed by atoms with Gasteiger partial charge >= 0.3 is 5.97 Å². The second-order valence-electron chi connectivity index (χ2n) is 5.00. The summed E-state index contributed by atoms with van der Waals surface area (Å²) in [5.41, 5.74) is 0.383. The van der Waals surface area contributed by atoms with Gasteiger partial charge in [-0.15, -0.1) is 0 Å². The molecule has 0 fully saturated rings. The predicted octanol–water partition coefficient (Wildman–Crippen LogP) is 1.09. The van der Waals surface area contributed by atoms with Gasteiger partial charge in [0.1, 0.15) is 0 Å². The molecule has 0 aliphatic heterocycles. The van der Waals surface area contributed by atoms with Gasteiger partial charge in [0.15, 0.2) is 11.5 Å². The van der Waals surface area contributed by atoms with Crippen LogP contribution in [0.3, 0.4) is 0 Å². The molecule has 0 aliphatic rings. The Bertz CT molecular complexity index is 543. The van der Waals surface area contributed by atoms with Gasteiger partial charge in [-0.25, -0.2) is 0 Å². The summed E-state index contributed by atoms with van der Waals surface area (Å²) in [6.45, 7) is 1.85. The Morgan fingerprint density at radius 3 is 2.35 bits per heavy atom. The first-order chi connectivity index (χ1) is 10.9. The van der Waals surface area contributed by atoms with E-state index in [1.807, 2.05) is 0 Å². The van der Waals surface area contributed by atoms with Crippen LogP contribution in [0.5, 0.6) is 11.5 Å². The van der Waals surface area contributed by atoms with E-state index in [1.54, 1.807) is 25.1 Å². The maximum absolute atomic E-state index is 12.6. The second kappa shape index (κ2) is 8.99. The molecule has 1 rings (SSSR count). The van der Waals surface area contributed by atoms with Crippen molar-refractivity contribution in [1.82, 2.24) is 4.90 Å². The third-order valence-corrected chi connectivity index (χ3v) is 3.22. The van der Waals surface area contributed by atoms with Crippen molar-refractivity contribution >= 4 is 11.9 Å². The summed E-state index contributed by atoms with van der Waals surface area (Å²) in [6.07, 6.45) is -0.654. The van der Waals surface area contributed by atoms with E-state index in [2.05, 4.69) is 4.74 Å². The van der Waals surface area contributed by atoms with Crippen LogP contribution in [0.25, 0.3) is 0 Å². The number of ether oxygens (including phenoxy) is 3. The van der Waals surface area contributed by atoms with Crippen LogP contribution in [0.1, 0.15) is 23.7 Å². The first-order valence-corrected chi connectivity index (χ1v) is 7.19. The first kappa shape index (κ1) is 18.8. The highest BCUT2D eigenvalue weighted by molar-refractivity contribution is 5.95. The molecule has 7 nitrogen and oxygen atoms in total. The minimum absolute atomic E-state index is 0.0578. The highest BCUT2D eigenvalue weighted by Gasteiger charge is 2.20. The predicted molar refractivity (Wildman–Crippen MR) is 83.8 cm³/mol. The number of amides is 1. The summed E-state index contributed by atoms with van der Waals surface area (Å²) in [7, 11) is 4.28. The number of carbonyl (C=O) groups excluding carboxylic acids is 2. The van der Waals surface area contributed by atoms with Crippen LogP contribution < -0.4 is 9.47 Å². The smallest absolute Gasteiger partial charge is 0.307 e. The lowest BCUT2D eigenvalue weighted by atomic mass is 10.1. The molecule has 1 aromatic carbocycles. The number of rotatable bonds is 8. The van der Waals surface area contributed by atoms with Crippen LogP contribution in [0.4, 0.5) is 0 Å². The van der Waals surface area contributed by atoms with Gasteiger partial charge in [-0.3, -0.25) is 9.59 Å². The lowest BCUT2D eigenvalue weighted by molar-refractivity contribution is -0.140. The van der Waals surface area contributed by atoms with Crippen molar-refractivity contribution in [2.45, 2.75) is 19.4 Å². The Morgan fingerprint density at radius 2 is 1.83 bits per heavy atom. The van der Waals surface area contributed by atoms with Crippen molar-refractivity contribution in [3.05, 3.63) is 23.8 Å². The van der Waals surface area contributed by atoms with Crippen molar-refractivity contribution < 1.29 is 28.9 Å². The zero-order valence-corrected chi connectivity index (χ0v) is 13.9. The fourth-order valence-corrected chi connectivity index (χ4v) is 2.07. The Balaban J connectivity index is 2.96. The highest BCUT2D eigenvalue weighted by atomic mass is 16.5. The minimum Gasteiger partial charge on any atom is -0.493 e. The largest absolute Gasteiger partial charge is 0.493 e. The number of aliphatic hydroxyl groups is 1. The average Bonchev–Trinajstić information content (AvgIpc) is 2.56. The van der Waals surface area contributed by atoms with Crippen LogP contribution in [0.2, 0.25) is 0 Å². The molecule has 1 unspecified atom stereocenters. The van der Waals surface area contributed by atoms with E-state index >= 15 is 0 Å². The van der Waals surface area contributed by atoms with Gasteiger partial charge in [0.2, 0.25) is 0 Å². The van der Waals surface area contributed by atoms with Crippen molar-refractivity contribution in [2.24, 2.45) is 0 Å². The van der Waals surface area contributed by atoms with E-state index in [4.69, 9.17) is 9.47 Å². The summed E-state index contributed by atoms with van der Waals surface area (Å²) in [4.78, 5) is 25.3. The lowest BCUT2D eigenvalue weighted by Crippen LogP contribution is -2.38. The van der Waals surface area contributed by atoms with Crippen molar-refractivity contribution in [3.63, 3.8) is 0 Å². The van der Waals surface area contributed by atoms with Crippen molar-refractivity contribution in [2.75, 3.05) is 34.4 Å². The zero-order chi connectivity index (χ0) is 17.4. The van der Waals surface area contributed by atoms with E-state index in [1.165, 1.54) is 26.2 Å². The Labute approximate surface area is 135 Å². The fraction of sp³-hybridized carbons (Fsp3) is 0.500. The molecule has 0 aromatic heterocycles. The van der Waals surface area contributed by atoms with Crippen molar-refractivity contribution in [1.29, 1.82) is 0 Å². The second-order valence-corrected chi connectivity index (χ2v) is 5.00. The van der Waals surface area contributed by atoms with E-state index < -0.39 is 12.1 Å². The van der Waals surface area contributed by atoms with Gasteiger partial charge in [0, 0.05) is 18.7 Å². The minimum atomic E-state index is -0.711. The molecular formula is C16H23NO6. The maximum Gasteiger partial charge on any atom is 0.307 e. The van der Waals surface area contributed by atoms with E-state index in [-0.39, 0.29) is 25.4 Å². The molecule has 7 heteroatoms. The van der Waals surface area contributed by atoms with Crippen molar-refractivity contribution in [3.8, 4) is 11.5 Å². The molecule has 0 aliphatic carbocycles. The number of hydrogen-bond donors (Lipinski definition) is 1. The topological polar surface area (TPSA) is 85.3 Å². The molecule has 1 amide bonds. The first-order valence-electron chi connectivity index (χ1n) is 7.19. The summed E-state index contributed by atoms with van der Waals surface area (Å²) in [5.74, 6) is 0.223. The van der Waals surface area contributed by atoms with Gasteiger partial charge in [-0.1, -0.05) is 0 Å². The number of hydrogen-bond acceptors (Lipinski definition) is 6. The van der Waals surface area contributed by atoms with E-state index in [0.29, 0.717) is 17.1 Å². The zero-order valence-electron chi connectivity index (χ0n) is 13.9. The summed E-state index contributed by atoms with van der Waals surface area (Å²) in [5, 5.41) is 9.57. The molecule has 1 aromatic rings. The third kappa shape index (κ3) is 5.45. The normalized spacial score (nSPS) is 11.5. The Hall–Kier alpha value is -2.28. The molecule has 0 spiro atoms. The summed E-state index contributed by atoms with van der Waals surface area (Å²) < 4.78 is 14.9. The monoisotopic (exact) mass is 325 g/mol. The van der Waals surface area contributed by atoms with Gasteiger partial charge < -0.3 is 24.2 Å². The number of nitrogens with zero attached hydrogens (tertiary/aromatic N) is 1.